The number of nitrogens with one attached hydrogen (secondary N) is 1. The number of hydrogen-bond donors (Lipinski definition) is 1. The van der Waals surface area contributed by atoms with Gasteiger partial charge in [-0.2, -0.15) is 13.2 Å². The summed E-state index contributed by atoms with van der Waals surface area (Å²) in [7, 11) is 1.33. The highest BCUT2D eigenvalue weighted by atomic mass is 19.4. The molecular formula is C16H16F3N3O2. The normalized spacial score (nSPS) is 12.5. The van der Waals surface area contributed by atoms with Gasteiger partial charge in [-0.25, -0.2) is 14.8 Å². The number of ether oxygens (including phenoxy) is 1. The number of alkyl carbamates (subject to hydrolysis) is 1. The molecule has 1 aromatic heterocycles. The van der Waals surface area contributed by atoms with Crippen LogP contribution in [0.1, 0.15) is 35.4 Å². The van der Waals surface area contributed by atoms with Gasteiger partial charge in [0, 0.05) is 24.4 Å². The van der Waals surface area contributed by atoms with Crippen LogP contribution in [0.25, 0.3) is 0 Å². The Morgan fingerprint density at radius 2 is 2.00 bits per heavy atom. The van der Waals surface area contributed by atoms with E-state index in [4.69, 9.17) is 4.74 Å². The fraction of sp³-hybridized carbons (Fsp3) is 0.312. The van der Waals surface area contributed by atoms with Crippen molar-refractivity contribution in [2.45, 2.75) is 25.6 Å². The minimum Gasteiger partial charge on any atom is -0.436 e. The number of halogens is 3. The Balaban J connectivity index is 2.62. The minimum atomic E-state index is -4.58. The summed E-state index contributed by atoms with van der Waals surface area (Å²) >= 11 is 0. The highest BCUT2D eigenvalue weighted by Crippen LogP contribution is 2.38. The second-order valence-electron chi connectivity index (χ2n) is 4.90. The molecular weight excluding hydrogens is 323 g/mol. The van der Waals surface area contributed by atoms with E-state index in [0.29, 0.717) is 17.7 Å². The maximum Gasteiger partial charge on any atom is 0.416 e. The monoisotopic (exact) mass is 339 g/mol. The van der Waals surface area contributed by atoms with Crippen molar-refractivity contribution in [2.24, 2.45) is 0 Å². The number of alkyl halides is 3. The van der Waals surface area contributed by atoms with Crippen LogP contribution < -0.4 is 5.32 Å². The van der Waals surface area contributed by atoms with Crippen molar-refractivity contribution in [3.8, 4) is 0 Å². The summed E-state index contributed by atoms with van der Waals surface area (Å²) < 4.78 is 45.2. The smallest absolute Gasteiger partial charge is 0.416 e. The SMILES string of the molecule is CCc1ncncc1C(OC(=O)NC)c1ccccc1C(F)(F)F. The van der Waals surface area contributed by atoms with Crippen molar-refractivity contribution in [3.05, 3.63) is 59.2 Å². The van der Waals surface area contributed by atoms with Crippen molar-refractivity contribution < 1.29 is 22.7 Å². The number of benzene rings is 1. The molecule has 0 aliphatic carbocycles. The first-order chi connectivity index (χ1) is 11.4. The summed E-state index contributed by atoms with van der Waals surface area (Å²) in [4.78, 5) is 19.6. The van der Waals surface area contributed by atoms with Crippen LogP contribution in [-0.2, 0) is 17.3 Å². The second-order valence-corrected chi connectivity index (χ2v) is 4.90. The van der Waals surface area contributed by atoms with Gasteiger partial charge in [0.05, 0.1) is 11.3 Å². The molecule has 8 heteroatoms. The van der Waals surface area contributed by atoms with Crippen LogP contribution >= 0.6 is 0 Å². The lowest BCUT2D eigenvalue weighted by Gasteiger charge is -2.23. The number of hydrogen-bond acceptors (Lipinski definition) is 4. The topological polar surface area (TPSA) is 64.1 Å². The molecule has 0 saturated carbocycles. The molecule has 1 atom stereocenters. The average Bonchev–Trinajstić information content (AvgIpc) is 2.58. The van der Waals surface area contributed by atoms with E-state index in [2.05, 4.69) is 15.3 Å². The zero-order chi connectivity index (χ0) is 17.7. The molecule has 0 fully saturated rings. The molecule has 24 heavy (non-hydrogen) atoms. The highest BCUT2D eigenvalue weighted by molar-refractivity contribution is 5.67. The average molecular weight is 339 g/mol. The van der Waals surface area contributed by atoms with Gasteiger partial charge in [0.15, 0.2) is 6.10 Å². The molecule has 1 amide bonds. The first-order valence-corrected chi connectivity index (χ1v) is 7.21. The van der Waals surface area contributed by atoms with Crippen molar-refractivity contribution in [1.29, 1.82) is 0 Å². The Labute approximate surface area is 136 Å². The second kappa shape index (κ2) is 7.29. The third kappa shape index (κ3) is 3.81. The Kier molecular flexibility index (Phi) is 5.38. The minimum absolute atomic E-state index is 0.168. The maximum atomic E-state index is 13.3. The Morgan fingerprint density at radius 1 is 1.29 bits per heavy atom. The van der Waals surface area contributed by atoms with Gasteiger partial charge in [0.1, 0.15) is 6.33 Å². The summed E-state index contributed by atoms with van der Waals surface area (Å²) in [5.74, 6) is 0. The van der Waals surface area contributed by atoms with E-state index in [1.165, 1.54) is 37.8 Å². The quantitative estimate of drug-likeness (QED) is 0.926. The van der Waals surface area contributed by atoms with E-state index in [1.54, 1.807) is 6.92 Å². The van der Waals surface area contributed by atoms with Gasteiger partial charge in [-0.3, -0.25) is 0 Å². The lowest BCUT2D eigenvalue weighted by molar-refractivity contribution is -0.139. The van der Waals surface area contributed by atoms with Gasteiger partial charge >= 0.3 is 12.3 Å². The van der Waals surface area contributed by atoms with Crippen LogP contribution in [0.3, 0.4) is 0 Å². The molecule has 5 nitrogen and oxygen atoms in total. The van der Waals surface area contributed by atoms with Crippen molar-refractivity contribution in [3.63, 3.8) is 0 Å². The Morgan fingerprint density at radius 3 is 2.62 bits per heavy atom. The van der Waals surface area contributed by atoms with Crippen LogP contribution in [0.5, 0.6) is 0 Å². The van der Waals surface area contributed by atoms with Gasteiger partial charge in [0.25, 0.3) is 0 Å². The van der Waals surface area contributed by atoms with Crippen LogP contribution in [0, 0.1) is 0 Å². The van der Waals surface area contributed by atoms with Crippen molar-refractivity contribution >= 4 is 6.09 Å². The lowest BCUT2D eigenvalue weighted by atomic mass is 9.95. The first-order valence-electron chi connectivity index (χ1n) is 7.21. The predicted molar refractivity (Wildman–Crippen MR) is 80.2 cm³/mol. The summed E-state index contributed by atoms with van der Waals surface area (Å²) in [6.45, 7) is 1.80. The first kappa shape index (κ1) is 17.7. The molecule has 128 valence electrons. The Bertz CT molecular complexity index is 720. The largest absolute Gasteiger partial charge is 0.436 e. The third-order valence-corrected chi connectivity index (χ3v) is 3.42. The zero-order valence-corrected chi connectivity index (χ0v) is 13.1. The van der Waals surface area contributed by atoms with Crippen molar-refractivity contribution in [2.75, 3.05) is 7.05 Å². The number of aromatic nitrogens is 2. The van der Waals surface area contributed by atoms with E-state index in [1.807, 2.05) is 0 Å². The van der Waals surface area contributed by atoms with Crippen LogP contribution in [-0.4, -0.2) is 23.1 Å². The van der Waals surface area contributed by atoms with Gasteiger partial charge in [-0.1, -0.05) is 25.1 Å². The predicted octanol–water partition coefficient (Wildman–Crippen LogP) is 3.50. The van der Waals surface area contributed by atoms with Crippen LogP contribution in [0.4, 0.5) is 18.0 Å². The number of carbonyl (C=O) groups excluding carboxylic acids is 1. The van der Waals surface area contributed by atoms with Crippen LogP contribution in [0.2, 0.25) is 0 Å². The molecule has 0 bridgehead atoms. The summed E-state index contributed by atoms with van der Waals surface area (Å²) in [5.41, 5.74) is -0.209. The fourth-order valence-corrected chi connectivity index (χ4v) is 2.32. The summed E-state index contributed by atoms with van der Waals surface area (Å²) in [5, 5.41) is 2.25. The van der Waals surface area contributed by atoms with E-state index in [9.17, 15) is 18.0 Å². The third-order valence-electron chi connectivity index (χ3n) is 3.42. The van der Waals surface area contributed by atoms with E-state index in [-0.39, 0.29) is 5.56 Å². The van der Waals surface area contributed by atoms with Gasteiger partial charge in [-0.05, 0) is 12.5 Å². The standard InChI is InChI=1S/C16H16F3N3O2/c1-3-13-11(8-21-9-22-13)14(24-15(23)20-2)10-6-4-5-7-12(10)16(17,18)19/h4-9,14H,3H2,1-2H3,(H,20,23). The molecule has 0 saturated heterocycles. The molecule has 1 aromatic carbocycles. The number of nitrogens with zero attached hydrogens (tertiary/aromatic N) is 2. The molecule has 1 N–H and O–H groups in total. The lowest BCUT2D eigenvalue weighted by Crippen LogP contribution is -2.25. The van der Waals surface area contributed by atoms with E-state index < -0.39 is 23.9 Å². The molecule has 2 rings (SSSR count). The molecule has 0 spiro atoms. The summed E-state index contributed by atoms with van der Waals surface area (Å²) in [6, 6.07) is 4.97. The van der Waals surface area contributed by atoms with Crippen molar-refractivity contribution in [1.82, 2.24) is 15.3 Å². The van der Waals surface area contributed by atoms with Gasteiger partial charge in [0.2, 0.25) is 0 Å². The number of rotatable bonds is 4. The highest BCUT2D eigenvalue weighted by Gasteiger charge is 2.37. The molecule has 1 heterocycles. The summed E-state index contributed by atoms with van der Waals surface area (Å²) in [6.07, 6.45) is -3.56. The number of aryl methyl sites for hydroxylation is 1. The maximum absolute atomic E-state index is 13.3. The van der Waals surface area contributed by atoms with Gasteiger partial charge < -0.3 is 10.1 Å². The van der Waals surface area contributed by atoms with Gasteiger partial charge in [-0.15, -0.1) is 0 Å². The molecule has 0 radical (unpaired) electrons. The number of amides is 1. The zero-order valence-electron chi connectivity index (χ0n) is 13.1. The molecule has 2 aromatic rings. The van der Waals surface area contributed by atoms with E-state index in [0.717, 1.165) is 6.07 Å². The molecule has 1 unspecified atom stereocenters. The number of carbonyl (C=O) groups is 1. The molecule has 0 aliphatic heterocycles. The fourth-order valence-electron chi connectivity index (χ4n) is 2.32. The molecule has 0 aliphatic rings. The van der Waals surface area contributed by atoms with E-state index >= 15 is 0 Å². The van der Waals surface area contributed by atoms with Crippen LogP contribution in [0.15, 0.2) is 36.8 Å². The Hall–Kier alpha value is -2.64.